The van der Waals surface area contributed by atoms with E-state index in [1.807, 2.05) is 0 Å². The molecule has 0 radical (unpaired) electrons. The van der Waals surface area contributed by atoms with E-state index in [2.05, 4.69) is 13.5 Å². The largest absolute Gasteiger partial charge is 0.435 e. The topological polar surface area (TPSA) is 26.3 Å². The number of carbonyl (C=O) groups excluding carboxylic acids is 1. The fourth-order valence-corrected chi connectivity index (χ4v) is 7.74. The van der Waals surface area contributed by atoms with Gasteiger partial charge in [-0.1, -0.05) is 283 Å². The van der Waals surface area contributed by atoms with Gasteiger partial charge in [-0.05, 0) is 6.42 Å². The van der Waals surface area contributed by atoms with Crippen LogP contribution >= 0.6 is 0 Å². The van der Waals surface area contributed by atoms with Gasteiger partial charge in [0.05, 0.1) is 6.26 Å². The molecule has 0 atom stereocenters. The second kappa shape index (κ2) is 46.2. The van der Waals surface area contributed by atoms with E-state index in [1.54, 1.807) is 0 Å². The van der Waals surface area contributed by atoms with Crippen LogP contribution in [0, 0.1) is 0 Å². The summed E-state index contributed by atoms with van der Waals surface area (Å²) < 4.78 is 4.75. The Balaban J connectivity index is 3.06. The molecule has 2 nitrogen and oxygen atoms in total. The third kappa shape index (κ3) is 45.2. The summed E-state index contributed by atoms with van der Waals surface area (Å²) in [5.41, 5.74) is 0. The molecule has 0 heterocycles. The average molecular weight is 703 g/mol. The molecular weight excluding hydrogens is 609 g/mol. The molecule has 0 rings (SSSR count). The molecule has 0 aliphatic carbocycles. The first-order chi connectivity index (χ1) is 24.8. The maximum absolute atomic E-state index is 11.3. The summed E-state index contributed by atoms with van der Waals surface area (Å²) in [6.45, 7) is 5.73. The van der Waals surface area contributed by atoms with Gasteiger partial charge in [0.2, 0.25) is 0 Å². The van der Waals surface area contributed by atoms with E-state index in [-0.39, 0.29) is 5.97 Å². The summed E-state index contributed by atoms with van der Waals surface area (Å²) in [4.78, 5) is 11.3. The lowest BCUT2D eigenvalue weighted by Gasteiger charge is -2.05. The van der Waals surface area contributed by atoms with E-state index < -0.39 is 0 Å². The Morgan fingerprint density at radius 1 is 0.320 bits per heavy atom. The van der Waals surface area contributed by atoms with Crippen LogP contribution in [0.1, 0.15) is 289 Å². The molecule has 2 heteroatoms. The molecule has 0 aliphatic heterocycles. The Morgan fingerprint density at radius 2 is 0.480 bits per heavy atom. The van der Waals surface area contributed by atoms with E-state index in [9.17, 15) is 4.79 Å². The van der Waals surface area contributed by atoms with Crippen molar-refractivity contribution in [2.75, 3.05) is 0 Å². The van der Waals surface area contributed by atoms with Crippen LogP contribution in [-0.2, 0) is 9.53 Å². The van der Waals surface area contributed by atoms with Crippen molar-refractivity contribution >= 4 is 5.97 Å². The Bertz CT molecular complexity index is 628. The summed E-state index contributed by atoms with van der Waals surface area (Å²) in [5.74, 6) is -0.142. The van der Waals surface area contributed by atoms with Gasteiger partial charge in [0, 0.05) is 6.42 Å². The van der Waals surface area contributed by atoms with Crippen LogP contribution in [0.3, 0.4) is 0 Å². The van der Waals surface area contributed by atoms with Gasteiger partial charge in [0.25, 0.3) is 0 Å². The predicted molar refractivity (Wildman–Crippen MR) is 225 cm³/mol. The number of ether oxygens (including phenoxy) is 1. The fourth-order valence-electron chi connectivity index (χ4n) is 7.74. The van der Waals surface area contributed by atoms with Crippen molar-refractivity contribution in [3.63, 3.8) is 0 Å². The summed E-state index contributed by atoms with van der Waals surface area (Å²) >= 11 is 0. The minimum Gasteiger partial charge on any atom is -0.435 e. The lowest BCUT2D eigenvalue weighted by Crippen LogP contribution is -1.98. The van der Waals surface area contributed by atoms with Crippen molar-refractivity contribution in [2.45, 2.75) is 289 Å². The monoisotopic (exact) mass is 703 g/mol. The zero-order valence-corrected chi connectivity index (χ0v) is 34.7. The first-order valence-electron chi connectivity index (χ1n) is 23.6. The van der Waals surface area contributed by atoms with Crippen molar-refractivity contribution in [1.82, 2.24) is 0 Å². The Kier molecular flexibility index (Phi) is 45.5. The van der Waals surface area contributed by atoms with Gasteiger partial charge in [-0.2, -0.15) is 0 Å². The van der Waals surface area contributed by atoms with Crippen LogP contribution in [0.5, 0.6) is 0 Å². The average Bonchev–Trinajstić information content (AvgIpc) is 3.12. The third-order valence-corrected chi connectivity index (χ3v) is 11.2. The van der Waals surface area contributed by atoms with Gasteiger partial charge in [-0.25, -0.2) is 0 Å². The van der Waals surface area contributed by atoms with Gasteiger partial charge in [0.1, 0.15) is 0 Å². The molecule has 0 aromatic heterocycles. The van der Waals surface area contributed by atoms with Gasteiger partial charge < -0.3 is 4.74 Å². The van der Waals surface area contributed by atoms with Crippen LogP contribution in [0.15, 0.2) is 12.8 Å². The molecule has 0 bridgehead atoms. The molecule has 298 valence electrons. The maximum atomic E-state index is 11.3. The van der Waals surface area contributed by atoms with Crippen molar-refractivity contribution in [2.24, 2.45) is 0 Å². The number of esters is 1. The summed E-state index contributed by atoms with van der Waals surface area (Å²) in [6, 6.07) is 0. The standard InChI is InChI=1S/C48H94O2/c1-3-5-6-7-8-9-10-11-12-13-14-15-16-17-18-19-20-21-22-23-24-25-26-27-28-29-30-31-32-33-34-35-36-37-38-39-40-41-42-43-44-45-46-47-48(49)50-4-2/h4H,2-3,5-47H2,1H3. The molecule has 0 spiro atoms. The van der Waals surface area contributed by atoms with Crippen LogP contribution in [-0.4, -0.2) is 5.97 Å². The van der Waals surface area contributed by atoms with Gasteiger partial charge in [0.15, 0.2) is 0 Å². The van der Waals surface area contributed by atoms with Crippen LogP contribution in [0.2, 0.25) is 0 Å². The molecule has 0 aliphatic rings. The Labute approximate surface area is 316 Å². The molecule has 0 aromatic rings. The molecular formula is C48H94O2. The zero-order chi connectivity index (χ0) is 36.1. The number of hydrogen-bond acceptors (Lipinski definition) is 2. The highest BCUT2D eigenvalue weighted by atomic mass is 16.5. The minimum absolute atomic E-state index is 0.142. The molecule has 0 aromatic carbocycles. The van der Waals surface area contributed by atoms with E-state index >= 15 is 0 Å². The third-order valence-electron chi connectivity index (χ3n) is 11.2. The van der Waals surface area contributed by atoms with Crippen molar-refractivity contribution in [1.29, 1.82) is 0 Å². The molecule has 0 unspecified atom stereocenters. The molecule has 0 amide bonds. The normalized spacial score (nSPS) is 11.4. The zero-order valence-electron chi connectivity index (χ0n) is 34.7. The number of unbranched alkanes of at least 4 members (excludes halogenated alkanes) is 42. The van der Waals surface area contributed by atoms with E-state index in [0.717, 1.165) is 12.8 Å². The van der Waals surface area contributed by atoms with Crippen molar-refractivity contribution < 1.29 is 9.53 Å². The van der Waals surface area contributed by atoms with Gasteiger partial charge >= 0.3 is 5.97 Å². The predicted octanol–water partition coefficient (Wildman–Crippen LogP) is 17.9. The number of rotatable bonds is 45. The Morgan fingerprint density at radius 3 is 0.640 bits per heavy atom. The van der Waals surface area contributed by atoms with Crippen molar-refractivity contribution in [3.8, 4) is 0 Å². The minimum atomic E-state index is -0.142. The first kappa shape index (κ1) is 49.2. The van der Waals surface area contributed by atoms with Gasteiger partial charge in [-0.3, -0.25) is 4.79 Å². The van der Waals surface area contributed by atoms with Crippen molar-refractivity contribution in [3.05, 3.63) is 12.8 Å². The summed E-state index contributed by atoms with van der Waals surface area (Å²) in [6.07, 6.45) is 63.6. The first-order valence-corrected chi connectivity index (χ1v) is 23.6. The van der Waals surface area contributed by atoms with E-state index in [4.69, 9.17) is 4.74 Å². The Hall–Kier alpha value is -0.790. The molecule has 0 saturated heterocycles. The number of carbonyl (C=O) groups is 1. The smallest absolute Gasteiger partial charge is 0.310 e. The van der Waals surface area contributed by atoms with Crippen LogP contribution < -0.4 is 0 Å². The highest BCUT2D eigenvalue weighted by Gasteiger charge is 2.01. The highest BCUT2D eigenvalue weighted by Crippen LogP contribution is 2.18. The highest BCUT2D eigenvalue weighted by molar-refractivity contribution is 5.69. The SMILES string of the molecule is C=COC(=O)CCCCCCCCCCCCCCCCCCCCCCCCCCCCCCCCCCCCCCCCCCCCC. The summed E-state index contributed by atoms with van der Waals surface area (Å²) in [5, 5.41) is 0. The molecule has 0 N–H and O–H groups in total. The van der Waals surface area contributed by atoms with E-state index in [0.29, 0.717) is 6.42 Å². The fraction of sp³-hybridized carbons (Fsp3) is 0.938. The summed E-state index contributed by atoms with van der Waals surface area (Å²) in [7, 11) is 0. The molecule has 50 heavy (non-hydrogen) atoms. The second-order valence-corrected chi connectivity index (χ2v) is 16.3. The molecule has 0 fully saturated rings. The van der Waals surface area contributed by atoms with Crippen LogP contribution in [0.4, 0.5) is 0 Å². The second-order valence-electron chi connectivity index (χ2n) is 16.3. The lowest BCUT2D eigenvalue weighted by molar-refractivity contribution is -0.138. The quantitative estimate of drug-likeness (QED) is 0.0359. The van der Waals surface area contributed by atoms with Crippen LogP contribution in [0.25, 0.3) is 0 Å². The van der Waals surface area contributed by atoms with Gasteiger partial charge in [-0.15, -0.1) is 0 Å². The number of hydrogen-bond donors (Lipinski definition) is 0. The maximum Gasteiger partial charge on any atom is 0.310 e. The lowest BCUT2D eigenvalue weighted by atomic mass is 10.0. The van der Waals surface area contributed by atoms with E-state index in [1.165, 1.54) is 270 Å². The molecule has 0 saturated carbocycles.